The van der Waals surface area contributed by atoms with Gasteiger partial charge in [-0.05, 0) is 45.5 Å². The van der Waals surface area contributed by atoms with E-state index in [0.29, 0.717) is 24.7 Å². The van der Waals surface area contributed by atoms with Gasteiger partial charge in [0.15, 0.2) is 11.6 Å². The minimum Gasteiger partial charge on any atom is -0.493 e. The molecule has 116 valence electrons. The van der Waals surface area contributed by atoms with Crippen LogP contribution in [0.2, 0.25) is 0 Å². The van der Waals surface area contributed by atoms with Gasteiger partial charge in [-0.1, -0.05) is 6.07 Å². The minimum absolute atomic E-state index is 0.0379. The molecule has 1 aromatic rings. The van der Waals surface area contributed by atoms with E-state index in [9.17, 15) is 9.18 Å². The highest BCUT2D eigenvalue weighted by atomic mass is 19.1. The zero-order chi connectivity index (χ0) is 15.4. The van der Waals surface area contributed by atoms with Crippen molar-refractivity contribution in [3.8, 4) is 5.75 Å². The topological polar surface area (TPSA) is 32.8 Å². The number of methoxy groups -OCH3 is 1. The molecule has 0 aliphatic carbocycles. The van der Waals surface area contributed by atoms with Crippen molar-refractivity contribution < 1.29 is 13.9 Å². The Labute approximate surface area is 125 Å². The Balaban J connectivity index is 2.15. The lowest BCUT2D eigenvalue weighted by atomic mass is 10.1. The van der Waals surface area contributed by atoms with E-state index in [0.717, 1.165) is 19.3 Å². The largest absolute Gasteiger partial charge is 0.493 e. The minimum atomic E-state index is -0.496. The fourth-order valence-electron chi connectivity index (χ4n) is 2.85. The first-order valence-corrected chi connectivity index (χ1v) is 7.32. The number of carbonyl (C=O) groups is 1. The summed E-state index contributed by atoms with van der Waals surface area (Å²) < 4.78 is 18.8. The lowest BCUT2D eigenvalue weighted by Crippen LogP contribution is -2.34. The van der Waals surface area contributed by atoms with E-state index in [1.807, 2.05) is 0 Å². The fourth-order valence-corrected chi connectivity index (χ4v) is 2.85. The SMILES string of the molecule is COc1c(F)cccc1C(=O)N1CCC[C@H](N(C)C)CC1. The van der Waals surface area contributed by atoms with Crippen molar-refractivity contribution in [2.45, 2.75) is 25.3 Å². The molecule has 1 aliphatic rings. The van der Waals surface area contributed by atoms with Crippen LogP contribution in [-0.4, -0.2) is 56.0 Å². The van der Waals surface area contributed by atoms with Gasteiger partial charge in [0.2, 0.25) is 0 Å². The summed E-state index contributed by atoms with van der Waals surface area (Å²) in [6, 6.07) is 4.97. The average molecular weight is 294 g/mol. The van der Waals surface area contributed by atoms with Crippen LogP contribution in [0.3, 0.4) is 0 Å². The van der Waals surface area contributed by atoms with Crippen LogP contribution in [0.5, 0.6) is 5.75 Å². The lowest BCUT2D eigenvalue weighted by Gasteiger charge is -2.24. The predicted molar refractivity (Wildman–Crippen MR) is 80.2 cm³/mol. The van der Waals surface area contributed by atoms with Crippen LogP contribution >= 0.6 is 0 Å². The summed E-state index contributed by atoms with van der Waals surface area (Å²) in [6.45, 7) is 1.41. The van der Waals surface area contributed by atoms with Crippen LogP contribution in [-0.2, 0) is 0 Å². The van der Waals surface area contributed by atoms with Crippen LogP contribution in [0, 0.1) is 5.82 Å². The van der Waals surface area contributed by atoms with Gasteiger partial charge in [0, 0.05) is 19.1 Å². The van der Waals surface area contributed by atoms with Crippen molar-refractivity contribution in [2.75, 3.05) is 34.3 Å². The van der Waals surface area contributed by atoms with Gasteiger partial charge in [-0.25, -0.2) is 4.39 Å². The highest BCUT2D eigenvalue weighted by Gasteiger charge is 2.25. The third-order valence-corrected chi connectivity index (χ3v) is 4.12. The number of hydrogen-bond donors (Lipinski definition) is 0. The van der Waals surface area contributed by atoms with Gasteiger partial charge < -0.3 is 14.5 Å². The van der Waals surface area contributed by atoms with Crippen molar-refractivity contribution >= 4 is 5.91 Å². The zero-order valence-electron chi connectivity index (χ0n) is 12.9. The van der Waals surface area contributed by atoms with E-state index in [4.69, 9.17) is 4.74 Å². The van der Waals surface area contributed by atoms with Crippen LogP contribution < -0.4 is 4.74 Å². The maximum absolute atomic E-state index is 13.7. The van der Waals surface area contributed by atoms with Gasteiger partial charge in [-0.3, -0.25) is 4.79 Å². The van der Waals surface area contributed by atoms with E-state index in [1.165, 1.54) is 13.2 Å². The molecular formula is C16H23FN2O2. The monoisotopic (exact) mass is 294 g/mol. The van der Waals surface area contributed by atoms with E-state index in [1.54, 1.807) is 17.0 Å². The molecule has 1 heterocycles. The number of para-hydroxylation sites is 1. The summed E-state index contributed by atoms with van der Waals surface area (Å²) in [5.41, 5.74) is 0.306. The summed E-state index contributed by atoms with van der Waals surface area (Å²) >= 11 is 0. The van der Waals surface area contributed by atoms with Crippen LogP contribution in [0.1, 0.15) is 29.6 Å². The first-order valence-electron chi connectivity index (χ1n) is 7.32. The lowest BCUT2D eigenvalue weighted by molar-refractivity contribution is 0.0754. The summed E-state index contributed by atoms with van der Waals surface area (Å²) in [5.74, 6) is -0.606. The van der Waals surface area contributed by atoms with Gasteiger partial charge >= 0.3 is 0 Å². The van der Waals surface area contributed by atoms with Crippen molar-refractivity contribution in [1.29, 1.82) is 0 Å². The molecule has 1 saturated heterocycles. The number of amides is 1. The van der Waals surface area contributed by atoms with Gasteiger partial charge in [0.1, 0.15) is 0 Å². The first kappa shape index (κ1) is 15.8. The quantitative estimate of drug-likeness (QED) is 0.858. The normalized spacial score (nSPS) is 19.5. The molecule has 0 aromatic heterocycles. The number of likely N-dealkylation sites (tertiary alicyclic amines) is 1. The number of benzene rings is 1. The molecule has 1 aliphatic heterocycles. The second kappa shape index (κ2) is 6.89. The summed E-state index contributed by atoms with van der Waals surface area (Å²) in [5, 5.41) is 0. The van der Waals surface area contributed by atoms with E-state index in [-0.39, 0.29) is 11.7 Å². The van der Waals surface area contributed by atoms with Crippen molar-refractivity contribution in [2.24, 2.45) is 0 Å². The second-order valence-electron chi connectivity index (χ2n) is 5.66. The fraction of sp³-hybridized carbons (Fsp3) is 0.562. The van der Waals surface area contributed by atoms with Gasteiger partial charge in [0.05, 0.1) is 12.7 Å². The highest BCUT2D eigenvalue weighted by molar-refractivity contribution is 5.97. The van der Waals surface area contributed by atoms with E-state index in [2.05, 4.69) is 19.0 Å². The van der Waals surface area contributed by atoms with Gasteiger partial charge in [-0.15, -0.1) is 0 Å². The summed E-state index contributed by atoms with van der Waals surface area (Å²) in [6.07, 6.45) is 2.99. The first-order chi connectivity index (χ1) is 10.0. The Morgan fingerprint density at radius 2 is 2.10 bits per heavy atom. The molecule has 1 fully saturated rings. The number of carbonyl (C=O) groups excluding carboxylic acids is 1. The smallest absolute Gasteiger partial charge is 0.257 e. The Morgan fingerprint density at radius 1 is 1.33 bits per heavy atom. The Morgan fingerprint density at radius 3 is 2.76 bits per heavy atom. The van der Waals surface area contributed by atoms with Crippen LogP contribution in [0.4, 0.5) is 4.39 Å². The van der Waals surface area contributed by atoms with Crippen molar-refractivity contribution in [1.82, 2.24) is 9.80 Å². The number of rotatable bonds is 3. The molecular weight excluding hydrogens is 271 g/mol. The molecule has 5 heteroatoms. The predicted octanol–water partition coefficient (Wildman–Crippen LogP) is 2.39. The summed E-state index contributed by atoms with van der Waals surface area (Å²) in [4.78, 5) is 16.6. The Kier molecular flexibility index (Phi) is 5.17. The highest BCUT2D eigenvalue weighted by Crippen LogP contribution is 2.25. The summed E-state index contributed by atoms with van der Waals surface area (Å²) in [7, 11) is 5.52. The Bertz CT molecular complexity index is 505. The molecule has 21 heavy (non-hydrogen) atoms. The Hall–Kier alpha value is -1.62. The number of ether oxygens (including phenoxy) is 1. The van der Waals surface area contributed by atoms with E-state index >= 15 is 0 Å². The maximum Gasteiger partial charge on any atom is 0.257 e. The molecule has 2 rings (SSSR count). The molecule has 0 radical (unpaired) electrons. The number of nitrogens with zero attached hydrogens (tertiary/aromatic N) is 2. The average Bonchev–Trinajstić information content (AvgIpc) is 2.72. The standard InChI is InChI=1S/C16H23FN2O2/c1-18(2)12-6-5-10-19(11-9-12)16(20)13-7-4-8-14(17)15(13)21-3/h4,7-8,12H,5-6,9-11H2,1-3H3/t12-/m0/s1. The van der Waals surface area contributed by atoms with Crippen molar-refractivity contribution in [3.63, 3.8) is 0 Å². The second-order valence-corrected chi connectivity index (χ2v) is 5.66. The molecule has 0 bridgehead atoms. The molecule has 1 atom stereocenters. The molecule has 1 aromatic carbocycles. The third-order valence-electron chi connectivity index (χ3n) is 4.12. The molecule has 0 N–H and O–H groups in total. The van der Waals surface area contributed by atoms with Crippen LogP contribution in [0.15, 0.2) is 18.2 Å². The van der Waals surface area contributed by atoms with Gasteiger partial charge in [-0.2, -0.15) is 0 Å². The third kappa shape index (κ3) is 3.53. The molecule has 0 unspecified atom stereocenters. The van der Waals surface area contributed by atoms with Crippen LogP contribution in [0.25, 0.3) is 0 Å². The zero-order valence-corrected chi connectivity index (χ0v) is 12.9. The molecule has 1 amide bonds. The number of hydrogen-bond acceptors (Lipinski definition) is 3. The molecule has 4 nitrogen and oxygen atoms in total. The van der Waals surface area contributed by atoms with Crippen molar-refractivity contribution in [3.05, 3.63) is 29.6 Å². The molecule has 0 spiro atoms. The molecule has 0 saturated carbocycles. The number of halogens is 1. The van der Waals surface area contributed by atoms with Gasteiger partial charge in [0.25, 0.3) is 5.91 Å². The van der Waals surface area contributed by atoms with E-state index < -0.39 is 5.82 Å². The maximum atomic E-state index is 13.7.